The van der Waals surface area contributed by atoms with Gasteiger partial charge in [0.05, 0.1) is 0 Å². The van der Waals surface area contributed by atoms with Crippen molar-refractivity contribution in [2.75, 3.05) is 38.1 Å². The van der Waals surface area contributed by atoms with E-state index in [9.17, 15) is 0 Å². The van der Waals surface area contributed by atoms with Crippen LogP contribution >= 0.6 is 0 Å². The number of nitrogens with one attached hydrogen (secondary N) is 1. The van der Waals surface area contributed by atoms with Crippen molar-refractivity contribution >= 4 is 5.95 Å². The van der Waals surface area contributed by atoms with Crippen LogP contribution in [0.5, 0.6) is 0 Å². The fourth-order valence-corrected chi connectivity index (χ4v) is 3.44. The van der Waals surface area contributed by atoms with E-state index in [0.717, 1.165) is 31.6 Å². The summed E-state index contributed by atoms with van der Waals surface area (Å²) in [6.45, 7) is 4.52. The first-order chi connectivity index (χ1) is 10.3. The lowest BCUT2D eigenvalue weighted by atomic mass is 10.0. The van der Waals surface area contributed by atoms with Crippen molar-refractivity contribution in [1.29, 1.82) is 0 Å². The van der Waals surface area contributed by atoms with Gasteiger partial charge in [-0.05, 0) is 45.3 Å². The van der Waals surface area contributed by atoms with E-state index in [4.69, 9.17) is 0 Å². The Morgan fingerprint density at radius 1 is 1.10 bits per heavy atom. The van der Waals surface area contributed by atoms with E-state index < -0.39 is 0 Å². The Hall–Kier alpha value is -1.20. The molecule has 0 spiro atoms. The fraction of sp³-hybridized carbons (Fsp3) is 0.750. The minimum Gasteiger partial charge on any atom is -0.341 e. The number of likely N-dealkylation sites (N-methyl/N-ethyl adjacent to an activating group) is 1. The molecule has 1 atom stereocenters. The summed E-state index contributed by atoms with van der Waals surface area (Å²) in [6, 6.07) is 3.26. The largest absolute Gasteiger partial charge is 0.341 e. The van der Waals surface area contributed by atoms with E-state index in [1.165, 1.54) is 38.6 Å². The van der Waals surface area contributed by atoms with Crippen molar-refractivity contribution < 1.29 is 0 Å². The predicted molar refractivity (Wildman–Crippen MR) is 85.5 cm³/mol. The van der Waals surface area contributed by atoms with Crippen LogP contribution in [-0.4, -0.2) is 60.2 Å². The molecule has 1 N–H and O–H groups in total. The van der Waals surface area contributed by atoms with E-state index in [1.807, 2.05) is 18.5 Å². The minimum absolute atomic E-state index is 0.653. The van der Waals surface area contributed by atoms with Crippen molar-refractivity contribution in [2.24, 2.45) is 0 Å². The van der Waals surface area contributed by atoms with Crippen molar-refractivity contribution in [2.45, 2.75) is 44.2 Å². The lowest BCUT2D eigenvalue weighted by Crippen LogP contribution is -2.49. The van der Waals surface area contributed by atoms with Gasteiger partial charge in [0, 0.05) is 44.1 Å². The highest BCUT2D eigenvalue weighted by molar-refractivity contribution is 5.29. The zero-order valence-electron chi connectivity index (χ0n) is 13.0. The lowest BCUT2D eigenvalue weighted by Gasteiger charge is -2.36. The van der Waals surface area contributed by atoms with Gasteiger partial charge in [-0.3, -0.25) is 0 Å². The molecule has 3 rings (SSSR count). The van der Waals surface area contributed by atoms with Crippen LogP contribution in [0.25, 0.3) is 0 Å². The average Bonchev–Trinajstić information content (AvgIpc) is 2.55. The lowest BCUT2D eigenvalue weighted by molar-refractivity contribution is 0.175. The standard InChI is InChI=1S/C16H27N5/c1-20-10-3-2-5-15(20)13-19-14-6-11-21(12-7-14)16-17-8-4-9-18-16/h4,8-9,14-15,19H,2-3,5-7,10-13H2,1H3. The highest BCUT2D eigenvalue weighted by Gasteiger charge is 2.23. The Morgan fingerprint density at radius 3 is 2.57 bits per heavy atom. The molecule has 2 saturated heterocycles. The van der Waals surface area contributed by atoms with Crippen LogP contribution in [0, 0.1) is 0 Å². The normalized spacial score (nSPS) is 25.2. The Kier molecular flexibility index (Phi) is 5.04. The first-order valence-corrected chi connectivity index (χ1v) is 8.28. The second-order valence-electron chi connectivity index (χ2n) is 6.35. The molecule has 2 aliphatic heterocycles. The van der Waals surface area contributed by atoms with E-state index in [1.54, 1.807) is 0 Å². The number of aromatic nitrogens is 2. The van der Waals surface area contributed by atoms with Crippen LogP contribution < -0.4 is 10.2 Å². The van der Waals surface area contributed by atoms with Crippen molar-refractivity contribution in [1.82, 2.24) is 20.2 Å². The number of nitrogens with zero attached hydrogens (tertiary/aromatic N) is 4. The molecular formula is C16H27N5. The van der Waals surface area contributed by atoms with Crippen LogP contribution in [0.15, 0.2) is 18.5 Å². The highest BCUT2D eigenvalue weighted by atomic mass is 15.3. The SMILES string of the molecule is CN1CCCCC1CNC1CCN(c2ncccn2)CC1. The van der Waals surface area contributed by atoms with Crippen LogP contribution in [0.1, 0.15) is 32.1 Å². The Labute approximate surface area is 127 Å². The summed E-state index contributed by atoms with van der Waals surface area (Å²) in [5, 5.41) is 3.78. The molecule has 116 valence electrons. The highest BCUT2D eigenvalue weighted by Crippen LogP contribution is 2.17. The molecule has 5 nitrogen and oxygen atoms in total. The van der Waals surface area contributed by atoms with Crippen LogP contribution in [-0.2, 0) is 0 Å². The maximum absolute atomic E-state index is 4.34. The molecule has 21 heavy (non-hydrogen) atoms. The van der Waals surface area contributed by atoms with E-state index in [2.05, 4.69) is 32.1 Å². The van der Waals surface area contributed by atoms with Gasteiger partial charge in [0.2, 0.25) is 5.95 Å². The van der Waals surface area contributed by atoms with Gasteiger partial charge in [0.25, 0.3) is 0 Å². The third-order valence-electron chi connectivity index (χ3n) is 4.89. The van der Waals surface area contributed by atoms with Crippen molar-refractivity contribution in [3.8, 4) is 0 Å². The quantitative estimate of drug-likeness (QED) is 0.910. The van der Waals surface area contributed by atoms with Gasteiger partial charge in [-0.2, -0.15) is 0 Å². The minimum atomic E-state index is 0.653. The van der Waals surface area contributed by atoms with Crippen LogP contribution in [0.2, 0.25) is 0 Å². The molecule has 0 amide bonds. The van der Waals surface area contributed by atoms with Gasteiger partial charge in [0.15, 0.2) is 0 Å². The van der Waals surface area contributed by atoms with E-state index >= 15 is 0 Å². The number of rotatable bonds is 4. The summed E-state index contributed by atoms with van der Waals surface area (Å²) < 4.78 is 0. The first kappa shape index (κ1) is 14.7. The predicted octanol–water partition coefficient (Wildman–Crippen LogP) is 1.52. The van der Waals surface area contributed by atoms with Crippen LogP contribution in [0.3, 0.4) is 0 Å². The summed E-state index contributed by atoms with van der Waals surface area (Å²) in [5.74, 6) is 0.878. The summed E-state index contributed by atoms with van der Waals surface area (Å²) in [7, 11) is 2.26. The molecule has 1 aromatic heterocycles. The second-order valence-corrected chi connectivity index (χ2v) is 6.35. The summed E-state index contributed by atoms with van der Waals surface area (Å²) in [6.07, 6.45) is 10.1. The zero-order valence-corrected chi connectivity index (χ0v) is 13.0. The number of piperidine rings is 2. The second kappa shape index (κ2) is 7.18. The number of hydrogen-bond acceptors (Lipinski definition) is 5. The molecule has 0 saturated carbocycles. The molecule has 1 aromatic rings. The van der Waals surface area contributed by atoms with Gasteiger partial charge in [-0.15, -0.1) is 0 Å². The Morgan fingerprint density at radius 2 is 1.86 bits per heavy atom. The van der Waals surface area contributed by atoms with Crippen molar-refractivity contribution in [3.63, 3.8) is 0 Å². The summed E-state index contributed by atoms with van der Waals surface area (Å²) >= 11 is 0. The maximum Gasteiger partial charge on any atom is 0.225 e. The van der Waals surface area contributed by atoms with Crippen molar-refractivity contribution in [3.05, 3.63) is 18.5 Å². The molecule has 1 unspecified atom stereocenters. The number of likely N-dealkylation sites (tertiary alicyclic amines) is 1. The molecule has 0 bridgehead atoms. The maximum atomic E-state index is 4.34. The van der Waals surface area contributed by atoms with Gasteiger partial charge >= 0.3 is 0 Å². The third-order valence-corrected chi connectivity index (χ3v) is 4.89. The summed E-state index contributed by atoms with van der Waals surface area (Å²) in [5.41, 5.74) is 0. The smallest absolute Gasteiger partial charge is 0.225 e. The number of hydrogen-bond donors (Lipinski definition) is 1. The monoisotopic (exact) mass is 289 g/mol. The molecule has 5 heteroatoms. The Balaban J connectivity index is 1.41. The molecule has 0 aliphatic carbocycles. The van der Waals surface area contributed by atoms with E-state index in [0.29, 0.717) is 6.04 Å². The number of anilines is 1. The molecule has 2 fully saturated rings. The molecule has 0 radical (unpaired) electrons. The average molecular weight is 289 g/mol. The Bertz CT molecular complexity index is 416. The summed E-state index contributed by atoms with van der Waals surface area (Å²) in [4.78, 5) is 13.5. The third kappa shape index (κ3) is 3.92. The molecule has 0 aromatic carbocycles. The molecule has 3 heterocycles. The van der Waals surface area contributed by atoms with E-state index in [-0.39, 0.29) is 0 Å². The zero-order chi connectivity index (χ0) is 14.5. The van der Waals surface area contributed by atoms with Crippen LogP contribution in [0.4, 0.5) is 5.95 Å². The molecule has 2 aliphatic rings. The molecular weight excluding hydrogens is 262 g/mol. The first-order valence-electron chi connectivity index (χ1n) is 8.28. The van der Waals surface area contributed by atoms with Gasteiger partial charge in [-0.1, -0.05) is 6.42 Å². The van der Waals surface area contributed by atoms with Gasteiger partial charge in [0.1, 0.15) is 0 Å². The van der Waals surface area contributed by atoms with Gasteiger partial charge in [-0.25, -0.2) is 9.97 Å². The van der Waals surface area contributed by atoms with Gasteiger partial charge < -0.3 is 15.1 Å². The fourth-order valence-electron chi connectivity index (χ4n) is 3.44. The topological polar surface area (TPSA) is 44.3 Å².